The molecule has 0 aromatic carbocycles. The van der Waals surface area contributed by atoms with Crippen molar-refractivity contribution >= 4 is 5.91 Å². The van der Waals surface area contributed by atoms with E-state index in [1.807, 2.05) is 6.08 Å². The summed E-state index contributed by atoms with van der Waals surface area (Å²) in [6.45, 7) is 2.84. The smallest absolute Gasteiger partial charge is 0.220 e. The second-order valence-corrected chi connectivity index (χ2v) is 24.3. The van der Waals surface area contributed by atoms with Crippen molar-refractivity contribution in [2.75, 3.05) is 19.8 Å². The maximum atomic E-state index is 13.3. The number of carbonyl (C=O) groups is 1. The lowest BCUT2D eigenvalue weighted by molar-refractivity contribution is -0.359. The molecule has 81 heavy (non-hydrogen) atoms. The molecule has 0 aromatic heterocycles. The van der Waals surface area contributed by atoms with E-state index in [4.69, 9.17) is 18.9 Å². The zero-order chi connectivity index (χ0) is 58.8. The molecular formula is C67H127NO13. The van der Waals surface area contributed by atoms with Crippen molar-refractivity contribution in [1.29, 1.82) is 0 Å². The van der Waals surface area contributed by atoms with Gasteiger partial charge in [-0.1, -0.05) is 276 Å². The van der Waals surface area contributed by atoms with Gasteiger partial charge in [0, 0.05) is 6.42 Å². The second kappa shape index (κ2) is 52.8. The molecule has 2 heterocycles. The Morgan fingerprint density at radius 2 is 0.778 bits per heavy atom. The third kappa shape index (κ3) is 37.6. The van der Waals surface area contributed by atoms with Crippen LogP contribution in [-0.2, 0) is 23.7 Å². The Labute approximate surface area is 494 Å². The van der Waals surface area contributed by atoms with E-state index in [-0.39, 0.29) is 18.9 Å². The van der Waals surface area contributed by atoms with Crippen molar-refractivity contribution in [2.24, 2.45) is 0 Å². The van der Waals surface area contributed by atoms with Crippen molar-refractivity contribution in [3.63, 3.8) is 0 Å². The van der Waals surface area contributed by atoms with Crippen LogP contribution >= 0.6 is 0 Å². The summed E-state index contributed by atoms with van der Waals surface area (Å²) in [5.74, 6) is -0.237. The Balaban J connectivity index is 1.69. The molecule has 0 saturated carbocycles. The fraction of sp³-hybridized carbons (Fsp3) is 0.925. The van der Waals surface area contributed by atoms with Crippen LogP contribution in [0, 0.1) is 0 Å². The zero-order valence-corrected chi connectivity index (χ0v) is 51.8. The highest BCUT2D eigenvalue weighted by Crippen LogP contribution is 2.30. The number of nitrogens with one attached hydrogen (secondary N) is 1. The third-order valence-electron chi connectivity index (χ3n) is 16.9. The van der Waals surface area contributed by atoms with Crippen molar-refractivity contribution in [1.82, 2.24) is 5.32 Å². The van der Waals surface area contributed by atoms with E-state index in [9.17, 15) is 45.6 Å². The summed E-state index contributed by atoms with van der Waals surface area (Å²) in [4.78, 5) is 13.3. The molecule has 0 spiro atoms. The lowest BCUT2D eigenvalue weighted by atomic mass is 9.97. The number of allylic oxidation sites excluding steroid dienone is 3. The van der Waals surface area contributed by atoms with Gasteiger partial charge in [-0.3, -0.25) is 4.79 Å². The molecule has 478 valence electrons. The predicted octanol–water partition coefficient (Wildman–Crippen LogP) is 13.2. The van der Waals surface area contributed by atoms with Crippen LogP contribution in [0.4, 0.5) is 0 Å². The van der Waals surface area contributed by atoms with Gasteiger partial charge in [0.05, 0.1) is 32.0 Å². The zero-order valence-electron chi connectivity index (χ0n) is 51.8. The average molecular weight is 1150 g/mol. The standard InChI is InChI=1S/C67H127NO13/c1-3-5-7-9-11-13-15-17-19-21-23-24-25-26-27-28-29-30-31-33-34-36-38-40-42-44-46-48-50-56(71)55(68-59(72)51-49-47-45-43-41-39-37-35-32-22-20-18-16-14-12-10-8-6-4-2)54-78-66-64(77)62(75)65(58(53-70)80-66)81-67-63(76)61(74)60(73)57(52-69)79-67/h18,20,48,50,55-58,60-67,69-71,73-77H,3-17,19,21-47,49,51-54H2,1-2H3,(H,68,72)/b20-18-,50-48+. The number of hydrogen-bond acceptors (Lipinski definition) is 13. The highest BCUT2D eigenvalue weighted by atomic mass is 16.7. The molecule has 2 aliphatic heterocycles. The van der Waals surface area contributed by atoms with Crippen molar-refractivity contribution in [2.45, 2.75) is 376 Å². The number of aliphatic hydroxyl groups is 8. The maximum absolute atomic E-state index is 13.3. The molecule has 0 aromatic rings. The third-order valence-corrected chi connectivity index (χ3v) is 16.9. The molecular weight excluding hydrogens is 1030 g/mol. The van der Waals surface area contributed by atoms with Crippen LogP contribution in [0.1, 0.15) is 303 Å². The quantitative estimate of drug-likeness (QED) is 0.0204. The van der Waals surface area contributed by atoms with Crippen LogP contribution in [0.5, 0.6) is 0 Å². The molecule has 14 nitrogen and oxygen atoms in total. The fourth-order valence-electron chi connectivity index (χ4n) is 11.4. The van der Waals surface area contributed by atoms with E-state index in [1.165, 1.54) is 238 Å². The lowest BCUT2D eigenvalue weighted by Gasteiger charge is -2.46. The van der Waals surface area contributed by atoms with E-state index in [0.717, 1.165) is 38.5 Å². The van der Waals surface area contributed by atoms with Crippen molar-refractivity contribution in [3.05, 3.63) is 24.3 Å². The van der Waals surface area contributed by atoms with Crippen LogP contribution in [0.3, 0.4) is 0 Å². The molecule has 2 rings (SSSR count). The van der Waals surface area contributed by atoms with Crippen LogP contribution in [0.15, 0.2) is 24.3 Å². The highest BCUT2D eigenvalue weighted by molar-refractivity contribution is 5.76. The van der Waals surface area contributed by atoms with Crippen molar-refractivity contribution < 1.29 is 64.6 Å². The van der Waals surface area contributed by atoms with Crippen LogP contribution in [-0.4, -0.2) is 140 Å². The summed E-state index contributed by atoms with van der Waals surface area (Å²) in [6, 6.07) is -0.915. The average Bonchev–Trinajstić information content (AvgIpc) is 3.63. The number of aliphatic hydroxyl groups excluding tert-OH is 8. The van der Waals surface area contributed by atoms with Gasteiger partial charge in [-0.15, -0.1) is 0 Å². The molecule has 0 aliphatic carbocycles. The number of ether oxygens (including phenoxy) is 4. The summed E-state index contributed by atoms with van der Waals surface area (Å²) in [5, 5.41) is 87.3. The first-order valence-electron chi connectivity index (χ1n) is 34.1. The number of carbonyl (C=O) groups excluding carboxylic acids is 1. The van der Waals surface area contributed by atoms with Crippen LogP contribution in [0.25, 0.3) is 0 Å². The van der Waals surface area contributed by atoms with E-state index in [2.05, 4.69) is 31.3 Å². The normalized spacial score (nSPS) is 24.2. The summed E-state index contributed by atoms with van der Waals surface area (Å²) in [7, 11) is 0. The Kier molecular flexibility index (Phi) is 49.2. The van der Waals surface area contributed by atoms with Gasteiger partial charge < -0.3 is 65.1 Å². The Hall–Kier alpha value is -1.53. The molecule has 12 unspecified atom stereocenters. The number of unbranched alkanes of at least 4 members (excludes halogenated alkanes) is 41. The first kappa shape index (κ1) is 75.6. The molecule has 2 fully saturated rings. The van der Waals surface area contributed by atoms with E-state index in [0.29, 0.717) is 6.42 Å². The second-order valence-electron chi connectivity index (χ2n) is 24.3. The maximum Gasteiger partial charge on any atom is 0.220 e. The van der Waals surface area contributed by atoms with E-state index < -0.39 is 86.8 Å². The Morgan fingerprint density at radius 3 is 1.17 bits per heavy atom. The fourth-order valence-corrected chi connectivity index (χ4v) is 11.4. The van der Waals surface area contributed by atoms with E-state index >= 15 is 0 Å². The molecule has 14 heteroatoms. The SMILES string of the molecule is CCCCCCCC/C=C\CCCCCCCCCCCC(=O)NC(COC1OC(CO)C(OC2OC(CO)C(O)C(O)C2O)C(O)C1O)C(O)/C=C/CCCCCCCCCCCCCCCCCCCCCCCCCCCC. The first-order chi connectivity index (χ1) is 39.6. The molecule has 2 saturated heterocycles. The van der Waals surface area contributed by atoms with Gasteiger partial charge in [-0.2, -0.15) is 0 Å². The van der Waals surface area contributed by atoms with Gasteiger partial charge in [0.2, 0.25) is 5.91 Å². The number of amides is 1. The van der Waals surface area contributed by atoms with Gasteiger partial charge in [0.1, 0.15) is 48.8 Å². The van der Waals surface area contributed by atoms with E-state index in [1.54, 1.807) is 6.08 Å². The monoisotopic (exact) mass is 1150 g/mol. The number of rotatable bonds is 56. The molecule has 12 atom stereocenters. The molecule has 0 radical (unpaired) electrons. The molecule has 2 aliphatic rings. The van der Waals surface area contributed by atoms with Crippen LogP contribution in [0.2, 0.25) is 0 Å². The lowest BCUT2D eigenvalue weighted by Crippen LogP contribution is -2.65. The van der Waals surface area contributed by atoms with Crippen LogP contribution < -0.4 is 5.32 Å². The van der Waals surface area contributed by atoms with Gasteiger partial charge in [0.25, 0.3) is 0 Å². The summed E-state index contributed by atoms with van der Waals surface area (Å²) >= 11 is 0. The largest absolute Gasteiger partial charge is 0.394 e. The first-order valence-corrected chi connectivity index (χ1v) is 34.1. The molecule has 1 amide bonds. The number of hydrogen-bond donors (Lipinski definition) is 9. The summed E-state index contributed by atoms with van der Waals surface area (Å²) in [6.07, 6.45) is 48.0. The minimum Gasteiger partial charge on any atom is -0.394 e. The molecule has 9 N–H and O–H groups in total. The van der Waals surface area contributed by atoms with Crippen molar-refractivity contribution in [3.8, 4) is 0 Å². The minimum atomic E-state index is -1.79. The van der Waals surface area contributed by atoms with Gasteiger partial charge in [-0.25, -0.2) is 0 Å². The van der Waals surface area contributed by atoms with Gasteiger partial charge in [0.15, 0.2) is 12.6 Å². The summed E-state index contributed by atoms with van der Waals surface area (Å²) < 4.78 is 22.8. The predicted molar refractivity (Wildman–Crippen MR) is 328 cm³/mol. The molecule has 0 bridgehead atoms. The highest BCUT2D eigenvalue weighted by Gasteiger charge is 2.51. The summed E-state index contributed by atoms with van der Waals surface area (Å²) in [5.41, 5.74) is 0. The van der Waals surface area contributed by atoms with Gasteiger partial charge in [-0.05, 0) is 44.9 Å². The Bertz CT molecular complexity index is 1450. The van der Waals surface area contributed by atoms with Gasteiger partial charge >= 0.3 is 0 Å². The minimum absolute atomic E-state index is 0.237. The Morgan fingerprint density at radius 1 is 0.432 bits per heavy atom. The topological polar surface area (TPSA) is 228 Å².